The largest absolute Gasteiger partial charge is 0.458 e. The Hall–Kier alpha value is -3.13. The highest BCUT2D eigenvalue weighted by atomic mass is 16.3. The first-order valence-corrected chi connectivity index (χ1v) is 13.3. The number of hydrogen-bond donors (Lipinski definition) is 0. The van der Waals surface area contributed by atoms with Crippen molar-refractivity contribution >= 4 is 32.6 Å². The van der Waals surface area contributed by atoms with E-state index in [0.717, 1.165) is 41.0 Å². The van der Waals surface area contributed by atoms with Crippen LogP contribution in [0.15, 0.2) is 59.0 Å². The Balaban J connectivity index is 1.80. The van der Waals surface area contributed by atoms with E-state index in [0.29, 0.717) is 0 Å². The minimum absolute atomic E-state index is 0.00273. The molecule has 0 amide bonds. The zero-order valence-corrected chi connectivity index (χ0v) is 23.0. The van der Waals surface area contributed by atoms with Crippen molar-refractivity contribution in [2.45, 2.75) is 84.5 Å². The molecule has 0 fully saturated rings. The molecule has 0 saturated heterocycles. The fourth-order valence-electron chi connectivity index (χ4n) is 6.22. The summed E-state index contributed by atoms with van der Waals surface area (Å²) in [4.78, 5) is 5.29. The van der Waals surface area contributed by atoms with Crippen LogP contribution in [0.3, 0.4) is 0 Å². The predicted octanol–water partition coefficient (Wildman–Crippen LogP) is 9.76. The molecular formula is C34H37NO. The maximum absolute atomic E-state index is 6.95. The summed E-state index contributed by atoms with van der Waals surface area (Å²) in [5, 5.41) is 5.02. The zero-order valence-electron chi connectivity index (χ0n) is 23.0. The smallest absolute Gasteiger partial charge is 0.161 e. The van der Waals surface area contributed by atoms with E-state index in [-0.39, 0.29) is 16.2 Å². The first-order chi connectivity index (χ1) is 16.9. The van der Waals surface area contributed by atoms with Gasteiger partial charge < -0.3 is 4.42 Å². The average molecular weight is 476 g/mol. The fraction of sp³-hybridized carbons (Fsp3) is 0.382. The molecule has 184 valence electrons. The van der Waals surface area contributed by atoms with Crippen molar-refractivity contribution in [1.29, 1.82) is 0 Å². The highest BCUT2D eigenvalue weighted by Gasteiger charge is 2.43. The van der Waals surface area contributed by atoms with Crippen LogP contribution in [0.2, 0.25) is 0 Å². The number of aromatic nitrogens is 1. The van der Waals surface area contributed by atoms with Crippen LogP contribution >= 0.6 is 0 Å². The number of benzene rings is 3. The Kier molecular flexibility index (Phi) is 4.81. The van der Waals surface area contributed by atoms with Crippen molar-refractivity contribution in [3.63, 3.8) is 0 Å². The standard InChI is InChI=1S/C34H37NO/c1-20-13-14-26-24(17-20)27-28-31(34(7,8)16-15-33(28,5)6)36-30(27)29(35-26)22-18-21-11-9-10-12-23(21)25(19-22)32(2,3)4/h9-14,17-19H,15-16H2,1-8H3. The number of furan rings is 1. The molecule has 0 spiro atoms. The van der Waals surface area contributed by atoms with Crippen LogP contribution in [-0.2, 0) is 16.2 Å². The highest BCUT2D eigenvalue weighted by molar-refractivity contribution is 6.12. The van der Waals surface area contributed by atoms with Gasteiger partial charge >= 0.3 is 0 Å². The predicted molar refractivity (Wildman–Crippen MR) is 153 cm³/mol. The lowest BCUT2D eigenvalue weighted by atomic mass is 9.65. The molecule has 2 nitrogen and oxygen atoms in total. The molecule has 0 aliphatic heterocycles. The van der Waals surface area contributed by atoms with Crippen LogP contribution in [0.5, 0.6) is 0 Å². The number of aryl methyl sites for hydroxylation is 1. The lowest BCUT2D eigenvalue weighted by molar-refractivity contribution is 0.284. The van der Waals surface area contributed by atoms with E-state index in [9.17, 15) is 0 Å². The van der Waals surface area contributed by atoms with Gasteiger partial charge in [0.05, 0.1) is 5.52 Å². The molecule has 1 aliphatic rings. The Morgan fingerprint density at radius 2 is 1.56 bits per heavy atom. The molecule has 0 bridgehead atoms. The number of pyridine rings is 1. The van der Waals surface area contributed by atoms with Gasteiger partial charge in [-0.3, -0.25) is 0 Å². The Morgan fingerprint density at radius 1 is 0.833 bits per heavy atom. The first kappa shape index (κ1) is 23.3. The summed E-state index contributed by atoms with van der Waals surface area (Å²) >= 11 is 0. The molecule has 0 saturated carbocycles. The second-order valence-electron chi connectivity index (χ2n) is 13.3. The van der Waals surface area contributed by atoms with Crippen LogP contribution in [0.1, 0.15) is 83.8 Å². The van der Waals surface area contributed by atoms with Crippen molar-refractivity contribution in [1.82, 2.24) is 4.98 Å². The second kappa shape index (κ2) is 7.44. The summed E-state index contributed by atoms with van der Waals surface area (Å²) in [6.07, 6.45) is 2.27. The van der Waals surface area contributed by atoms with Crippen molar-refractivity contribution in [2.24, 2.45) is 0 Å². The number of hydrogen-bond acceptors (Lipinski definition) is 2. The summed E-state index contributed by atoms with van der Waals surface area (Å²) in [6, 6.07) is 20.0. The van der Waals surface area contributed by atoms with Gasteiger partial charge in [0.1, 0.15) is 11.5 Å². The molecule has 0 N–H and O–H groups in total. The average Bonchev–Trinajstić information content (AvgIpc) is 3.24. The van der Waals surface area contributed by atoms with Gasteiger partial charge in [0.15, 0.2) is 5.58 Å². The third-order valence-corrected chi connectivity index (χ3v) is 8.39. The minimum atomic E-state index is -0.00273. The summed E-state index contributed by atoms with van der Waals surface area (Å²) in [6.45, 7) is 18.5. The van der Waals surface area contributed by atoms with Crippen molar-refractivity contribution in [3.05, 3.63) is 77.0 Å². The molecule has 2 heteroatoms. The topological polar surface area (TPSA) is 26.0 Å². The quantitative estimate of drug-likeness (QED) is 0.241. The van der Waals surface area contributed by atoms with Crippen LogP contribution in [-0.4, -0.2) is 4.98 Å². The van der Waals surface area contributed by atoms with Crippen LogP contribution in [0.4, 0.5) is 0 Å². The molecule has 0 atom stereocenters. The molecule has 2 heterocycles. The van der Waals surface area contributed by atoms with E-state index >= 15 is 0 Å². The molecule has 0 radical (unpaired) electrons. The van der Waals surface area contributed by atoms with Crippen LogP contribution in [0, 0.1) is 6.92 Å². The first-order valence-electron chi connectivity index (χ1n) is 13.3. The third-order valence-electron chi connectivity index (χ3n) is 8.39. The van der Waals surface area contributed by atoms with E-state index in [1.165, 1.54) is 38.2 Å². The van der Waals surface area contributed by atoms with Gasteiger partial charge in [0.25, 0.3) is 0 Å². The van der Waals surface area contributed by atoms with E-state index in [2.05, 4.69) is 110 Å². The van der Waals surface area contributed by atoms with Gasteiger partial charge in [-0.1, -0.05) is 84.4 Å². The molecule has 6 rings (SSSR count). The monoisotopic (exact) mass is 475 g/mol. The zero-order chi connectivity index (χ0) is 25.6. The van der Waals surface area contributed by atoms with E-state index in [1.807, 2.05) is 0 Å². The van der Waals surface area contributed by atoms with E-state index in [1.54, 1.807) is 0 Å². The number of fused-ring (bicyclic) bond motifs is 6. The maximum atomic E-state index is 6.95. The molecule has 5 aromatic rings. The summed E-state index contributed by atoms with van der Waals surface area (Å²) in [5.41, 5.74) is 8.09. The maximum Gasteiger partial charge on any atom is 0.161 e. The molecule has 36 heavy (non-hydrogen) atoms. The van der Waals surface area contributed by atoms with E-state index in [4.69, 9.17) is 9.40 Å². The second-order valence-corrected chi connectivity index (χ2v) is 13.3. The van der Waals surface area contributed by atoms with Gasteiger partial charge in [-0.25, -0.2) is 4.98 Å². The Labute approximate surface area is 214 Å². The SMILES string of the molecule is Cc1ccc2nc(-c3cc(C(C)(C)C)c4ccccc4c3)c3oc4c(c3c2c1)C(C)(C)CCC4(C)C. The van der Waals surface area contributed by atoms with E-state index < -0.39 is 0 Å². The van der Waals surface area contributed by atoms with Crippen LogP contribution < -0.4 is 0 Å². The number of nitrogens with zero attached hydrogens (tertiary/aromatic N) is 1. The van der Waals surface area contributed by atoms with Gasteiger partial charge in [0.2, 0.25) is 0 Å². The van der Waals surface area contributed by atoms with Crippen molar-refractivity contribution in [2.75, 3.05) is 0 Å². The lowest BCUT2D eigenvalue weighted by Crippen LogP contribution is -2.32. The number of rotatable bonds is 1. The summed E-state index contributed by atoms with van der Waals surface area (Å²) < 4.78 is 6.95. The Morgan fingerprint density at radius 3 is 2.31 bits per heavy atom. The molecule has 1 aliphatic carbocycles. The molecular weight excluding hydrogens is 438 g/mol. The van der Waals surface area contributed by atoms with Gasteiger partial charge in [0, 0.05) is 27.3 Å². The molecule has 0 unspecified atom stereocenters. The van der Waals surface area contributed by atoms with Crippen molar-refractivity contribution in [3.8, 4) is 11.3 Å². The Bertz CT molecular complexity index is 1670. The lowest BCUT2D eigenvalue weighted by Gasteiger charge is -2.38. The minimum Gasteiger partial charge on any atom is -0.458 e. The van der Waals surface area contributed by atoms with Crippen LogP contribution in [0.25, 0.3) is 43.9 Å². The van der Waals surface area contributed by atoms with Gasteiger partial charge in [-0.05, 0) is 71.2 Å². The normalized spacial score (nSPS) is 17.1. The van der Waals surface area contributed by atoms with Crippen molar-refractivity contribution < 1.29 is 4.42 Å². The third kappa shape index (κ3) is 3.41. The summed E-state index contributed by atoms with van der Waals surface area (Å²) in [5.74, 6) is 1.14. The highest BCUT2D eigenvalue weighted by Crippen LogP contribution is 2.52. The van der Waals surface area contributed by atoms with Gasteiger partial charge in [-0.2, -0.15) is 0 Å². The van der Waals surface area contributed by atoms with Gasteiger partial charge in [-0.15, -0.1) is 0 Å². The summed E-state index contributed by atoms with van der Waals surface area (Å²) in [7, 11) is 0. The molecule has 2 aromatic heterocycles. The molecule has 3 aromatic carbocycles. The fourth-order valence-corrected chi connectivity index (χ4v) is 6.22.